The van der Waals surface area contributed by atoms with Crippen molar-refractivity contribution in [2.75, 3.05) is 38.3 Å². The van der Waals surface area contributed by atoms with Crippen molar-refractivity contribution in [1.82, 2.24) is 15.2 Å². The molecule has 1 saturated heterocycles. The van der Waals surface area contributed by atoms with Crippen LogP contribution in [0.15, 0.2) is 66.9 Å². The molecule has 0 radical (unpaired) electrons. The fraction of sp³-hybridized carbons (Fsp3) is 0.371. The average Bonchev–Trinajstić information content (AvgIpc) is 3.55. The smallest absolute Gasteiger partial charge is 0.251 e. The molecule has 2 N–H and O–H groups in total. The lowest BCUT2D eigenvalue weighted by Crippen LogP contribution is -2.58. The Bertz CT molecular complexity index is 1640. The molecule has 1 fully saturated rings. The molecule has 3 aromatic rings. The topological polar surface area (TPSA) is 110 Å². The number of hydrogen-bond donors (Lipinski definition) is 2. The first kappa shape index (κ1) is 28.4. The second-order valence-electron chi connectivity index (χ2n) is 12.2. The van der Waals surface area contributed by atoms with Crippen molar-refractivity contribution in [3.05, 3.63) is 100 Å². The summed E-state index contributed by atoms with van der Waals surface area (Å²) in [5.74, 6) is 0.166. The molecular formula is C35H36N4O5. The highest BCUT2D eigenvalue weighted by atomic mass is 16.5. The number of rotatable bonds is 1. The SMILES string of the molecule is CC1C(c2ccccc2)CC2NC(=O)c3ccc4c(c3)C[C@@]3(C4)C(=O)Nc4ncc(cc43)/C=C\COCCOCCN1C2=O. The largest absolute Gasteiger partial charge is 0.377 e. The van der Waals surface area contributed by atoms with Crippen LogP contribution in [0.4, 0.5) is 5.82 Å². The number of anilines is 1. The maximum absolute atomic E-state index is 13.8. The first-order valence-corrected chi connectivity index (χ1v) is 15.3. The zero-order chi connectivity index (χ0) is 30.3. The van der Waals surface area contributed by atoms with Crippen molar-refractivity contribution < 1.29 is 23.9 Å². The molecule has 1 aromatic heterocycles. The van der Waals surface area contributed by atoms with Crippen molar-refractivity contribution in [2.45, 2.75) is 49.6 Å². The minimum atomic E-state index is -0.770. The van der Waals surface area contributed by atoms with Crippen molar-refractivity contribution >= 4 is 29.6 Å². The number of pyridine rings is 1. The third kappa shape index (κ3) is 5.10. The van der Waals surface area contributed by atoms with E-state index in [0.717, 1.165) is 27.8 Å². The van der Waals surface area contributed by atoms with Gasteiger partial charge in [0, 0.05) is 35.8 Å². The molecule has 7 rings (SSSR count). The van der Waals surface area contributed by atoms with Crippen molar-refractivity contribution in [1.29, 1.82) is 0 Å². The Hall–Kier alpha value is -4.34. The van der Waals surface area contributed by atoms with Gasteiger partial charge in [0.15, 0.2) is 0 Å². The van der Waals surface area contributed by atoms with E-state index >= 15 is 0 Å². The van der Waals surface area contributed by atoms with Crippen LogP contribution in [0.2, 0.25) is 0 Å². The molecule has 3 unspecified atom stereocenters. The third-order valence-electron chi connectivity index (χ3n) is 9.59. The summed E-state index contributed by atoms with van der Waals surface area (Å²) in [6.45, 7) is 4.10. The molecule has 4 atom stereocenters. The van der Waals surface area contributed by atoms with Crippen LogP contribution in [0.25, 0.3) is 6.08 Å². The van der Waals surface area contributed by atoms with Crippen LogP contribution in [-0.4, -0.2) is 72.7 Å². The molecule has 226 valence electrons. The summed E-state index contributed by atoms with van der Waals surface area (Å²) in [5, 5.41) is 6.03. The van der Waals surface area contributed by atoms with E-state index in [2.05, 4.69) is 34.7 Å². The van der Waals surface area contributed by atoms with Crippen LogP contribution in [-0.2, 0) is 37.3 Å². The molecule has 1 spiro atoms. The molecule has 4 aliphatic rings. The lowest BCUT2D eigenvalue weighted by Gasteiger charge is -2.43. The quantitative estimate of drug-likeness (QED) is 0.447. The number of ether oxygens (including phenoxy) is 2. The number of benzene rings is 2. The number of piperidine rings is 1. The first-order chi connectivity index (χ1) is 21.4. The molecule has 3 aliphatic heterocycles. The minimum Gasteiger partial charge on any atom is -0.377 e. The fourth-order valence-electron chi connectivity index (χ4n) is 7.23. The highest BCUT2D eigenvalue weighted by molar-refractivity contribution is 6.06. The Labute approximate surface area is 256 Å². The van der Waals surface area contributed by atoms with Crippen LogP contribution in [0.3, 0.4) is 0 Å². The van der Waals surface area contributed by atoms with Gasteiger partial charge in [-0.2, -0.15) is 0 Å². The number of nitrogens with zero attached hydrogens (tertiary/aromatic N) is 2. The Morgan fingerprint density at radius 1 is 0.955 bits per heavy atom. The summed E-state index contributed by atoms with van der Waals surface area (Å²) in [6.07, 6.45) is 7.15. The van der Waals surface area contributed by atoms with Crippen LogP contribution in [0, 0.1) is 0 Å². The Morgan fingerprint density at radius 3 is 2.64 bits per heavy atom. The van der Waals surface area contributed by atoms with Gasteiger partial charge < -0.3 is 25.0 Å². The molecule has 4 heterocycles. The van der Waals surface area contributed by atoms with Gasteiger partial charge >= 0.3 is 0 Å². The van der Waals surface area contributed by atoms with E-state index in [1.807, 2.05) is 53.5 Å². The molecule has 2 aromatic carbocycles. The van der Waals surface area contributed by atoms with E-state index in [9.17, 15) is 14.4 Å². The summed E-state index contributed by atoms with van der Waals surface area (Å²) < 4.78 is 11.6. The highest BCUT2D eigenvalue weighted by Gasteiger charge is 2.51. The molecule has 44 heavy (non-hydrogen) atoms. The van der Waals surface area contributed by atoms with Gasteiger partial charge in [-0.05, 0) is 66.6 Å². The summed E-state index contributed by atoms with van der Waals surface area (Å²) in [4.78, 5) is 47.2. The van der Waals surface area contributed by atoms with Crippen molar-refractivity contribution in [3.8, 4) is 0 Å². The minimum absolute atomic E-state index is 0.0548. The summed E-state index contributed by atoms with van der Waals surface area (Å²) in [7, 11) is 0. The van der Waals surface area contributed by atoms with Crippen LogP contribution >= 0.6 is 0 Å². The fourth-order valence-corrected chi connectivity index (χ4v) is 7.23. The third-order valence-corrected chi connectivity index (χ3v) is 9.59. The average molecular weight is 593 g/mol. The number of aromatic nitrogens is 1. The molecule has 0 saturated carbocycles. The summed E-state index contributed by atoms with van der Waals surface area (Å²) in [6, 6.07) is 17.1. The molecule has 7 bridgehead atoms. The van der Waals surface area contributed by atoms with Gasteiger partial charge in [0.2, 0.25) is 11.8 Å². The monoisotopic (exact) mass is 592 g/mol. The van der Waals surface area contributed by atoms with Gasteiger partial charge in [0.1, 0.15) is 11.9 Å². The standard InChI is InChI=1S/C35H36N4O5/c1-22-28(24-7-3-2-4-8-24)18-30-33(41)39(22)11-13-44-15-14-43-12-5-6-23-16-29-31(36-21-23)38-34(42)35(29)19-26-10-9-25(32(40)37-30)17-27(26)20-35/h2-10,16-17,21-22,28,30H,11-15,18-20H2,1H3,(H,37,40)(H,36,38,42)/b6-5-/t22?,28?,30?,35-/m1/s1. The Balaban J connectivity index is 1.21. The van der Waals surface area contributed by atoms with E-state index in [4.69, 9.17) is 9.47 Å². The zero-order valence-corrected chi connectivity index (χ0v) is 24.8. The van der Waals surface area contributed by atoms with Gasteiger partial charge in [-0.25, -0.2) is 4.98 Å². The normalized spacial score (nSPS) is 27.7. The van der Waals surface area contributed by atoms with Crippen molar-refractivity contribution in [2.24, 2.45) is 0 Å². The number of amides is 3. The van der Waals surface area contributed by atoms with Crippen LogP contribution < -0.4 is 10.6 Å². The molecular weight excluding hydrogens is 556 g/mol. The number of carbonyl (C=O) groups is 3. The van der Waals surface area contributed by atoms with E-state index in [1.165, 1.54) is 0 Å². The van der Waals surface area contributed by atoms with E-state index in [1.54, 1.807) is 12.3 Å². The first-order valence-electron chi connectivity index (χ1n) is 15.3. The molecule has 3 amide bonds. The zero-order valence-electron chi connectivity index (χ0n) is 24.8. The molecule has 1 aliphatic carbocycles. The molecule has 9 heteroatoms. The van der Waals surface area contributed by atoms with Gasteiger partial charge in [0.25, 0.3) is 5.91 Å². The number of fused-ring (bicyclic) bond motifs is 4. The Morgan fingerprint density at radius 2 is 1.77 bits per heavy atom. The number of nitrogens with one attached hydrogen (secondary N) is 2. The van der Waals surface area contributed by atoms with Crippen LogP contribution in [0.5, 0.6) is 0 Å². The lowest BCUT2D eigenvalue weighted by atomic mass is 9.79. The summed E-state index contributed by atoms with van der Waals surface area (Å²) >= 11 is 0. The molecule has 9 nitrogen and oxygen atoms in total. The second kappa shape index (κ2) is 11.6. The number of hydrogen-bond acceptors (Lipinski definition) is 6. The van der Waals surface area contributed by atoms with E-state index in [-0.39, 0.29) is 29.7 Å². The Kier molecular flexibility index (Phi) is 7.52. The predicted octanol–water partition coefficient (Wildman–Crippen LogP) is 3.63. The van der Waals surface area contributed by atoms with E-state index in [0.29, 0.717) is 63.6 Å². The number of carbonyl (C=O) groups excluding carboxylic acids is 3. The maximum Gasteiger partial charge on any atom is 0.251 e. The predicted molar refractivity (Wildman–Crippen MR) is 165 cm³/mol. The highest BCUT2D eigenvalue weighted by Crippen LogP contribution is 2.47. The van der Waals surface area contributed by atoms with Crippen LogP contribution in [0.1, 0.15) is 57.4 Å². The van der Waals surface area contributed by atoms with Crippen molar-refractivity contribution in [3.63, 3.8) is 0 Å². The van der Waals surface area contributed by atoms with Gasteiger partial charge in [-0.3, -0.25) is 14.4 Å². The maximum atomic E-state index is 13.8. The van der Waals surface area contributed by atoms with Gasteiger partial charge in [0.05, 0.1) is 31.8 Å². The van der Waals surface area contributed by atoms with Gasteiger partial charge in [-0.15, -0.1) is 0 Å². The second-order valence-corrected chi connectivity index (χ2v) is 12.2. The van der Waals surface area contributed by atoms with Gasteiger partial charge in [-0.1, -0.05) is 48.6 Å². The summed E-state index contributed by atoms with van der Waals surface area (Å²) in [5.41, 5.74) is 4.61. The van der Waals surface area contributed by atoms with E-state index < -0.39 is 11.5 Å². The lowest BCUT2D eigenvalue weighted by molar-refractivity contribution is -0.140.